The van der Waals surface area contributed by atoms with E-state index in [2.05, 4.69) is 4.90 Å². The molecule has 2 aliphatic rings. The molecule has 1 saturated carbocycles. The van der Waals surface area contributed by atoms with Crippen LogP contribution in [0, 0.1) is 0 Å². The van der Waals surface area contributed by atoms with Crippen LogP contribution in [-0.4, -0.2) is 62.2 Å². The molecule has 1 aliphatic heterocycles. The SMILES string of the molecule is C[C@@H]1CN(C2(CN)CCCC2S(C)(=O)=O)C[C@H](C)O1. The number of nitrogens with two attached hydrogens (primary N) is 1. The normalized spacial score (nSPS) is 41.6. The Morgan fingerprint density at radius 3 is 2.37 bits per heavy atom. The van der Waals surface area contributed by atoms with Gasteiger partial charge in [0, 0.05) is 25.9 Å². The monoisotopic (exact) mass is 290 g/mol. The summed E-state index contributed by atoms with van der Waals surface area (Å²) in [7, 11) is -3.07. The van der Waals surface area contributed by atoms with E-state index >= 15 is 0 Å². The van der Waals surface area contributed by atoms with Gasteiger partial charge in [-0.05, 0) is 26.7 Å². The van der Waals surface area contributed by atoms with Gasteiger partial charge >= 0.3 is 0 Å². The Morgan fingerprint density at radius 1 is 1.32 bits per heavy atom. The summed E-state index contributed by atoms with van der Waals surface area (Å²) < 4.78 is 30.0. The molecule has 2 fully saturated rings. The predicted molar refractivity (Wildman–Crippen MR) is 75.9 cm³/mol. The molecule has 0 spiro atoms. The van der Waals surface area contributed by atoms with Gasteiger partial charge in [0.2, 0.25) is 0 Å². The second-order valence-corrected chi connectivity index (χ2v) is 8.41. The molecule has 6 heteroatoms. The molecule has 0 aromatic carbocycles. The van der Waals surface area contributed by atoms with Crippen LogP contribution in [0.15, 0.2) is 0 Å². The smallest absolute Gasteiger partial charge is 0.152 e. The van der Waals surface area contributed by atoms with Crippen LogP contribution in [0.3, 0.4) is 0 Å². The Hall–Kier alpha value is -0.170. The summed E-state index contributed by atoms with van der Waals surface area (Å²) in [6, 6.07) is 0. The number of sulfone groups is 1. The highest BCUT2D eigenvalue weighted by Crippen LogP contribution is 2.40. The molecule has 5 nitrogen and oxygen atoms in total. The number of hydrogen-bond acceptors (Lipinski definition) is 5. The zero-order valence-corrected chi connectivity index (χ0v) is 12.9. The average Bonchev–Trinajstić information content (AvgIpc) is 2.72. The van der Waals surface area contributed by atoms with Gasteiger partial charge in [-0.15, -0.1) is 0 Å². The van der Waals surface area contributed by atoms with Crippen molar-refractivity contribution >= 4 is 9.84 Å². The number of ether oxygens (including phenoxy) is 1. The number of nitrogens with zero attached hydrogens (tertiary/aromatic N) is 1. The lowest BCUT2D eigenvalue weighted by Gasteiger charge is -2.48. The van der Waals surface area contributed by atoms with Gasteiger partial charge in [-0.2, -0.15) is 0 Å². The van der Waals surface area contributed by atoms with Crippen molar-refractivity contribution in [1.29, 1.82) is 0 Å². The summed E-state index contributed by atoms with van der Waals surface area (Å²) in [5, 5.41) is -0.331. The van der Waals surface area contributed by atoms with Crippen molar-refractivity contribution in [2.75, 3.05) is 25.9 Å². The molecular weight excluding hydrogens is 264 g/mol. The van der Waals surface area contributed by atoms with Crippen LogP contribution in [0.4, 0.5) is 0 Å². The number of hydrogen-bond donors (Lipinski definition) is 1. The Labute approximate surface area is 116 Å². The molecule has 0 aromatic heterocycles. The fourth-order valence-electron chi connectivity index (χ4n) is 3.90. The summed E-state index contributed by atoms with van der Waals surface area (Å²) in [5.74, 6) is 0. The molecule has 0 radical (unpaired) electrons. The number of rotatable bonds is 3. The fraction of sp³-hybridized carbons (Fsp3) is 1.00. The van der Waals surface area contributed by atoms with Crippen molar-refractivity contribution in [3.8, 4) is 0 Å². The molecule has 4 atom stereocenters. The van der Waals surface area contributed by atoms with E-state index in [-0.39, 0.29) is 23.0 Å². The van der Waals surface area contributed by atoms with Crippen molar-refractivity contribution < 1.29 is 13.2 Å². The second kappa shape index (κ2) is 5.31. The molecule has 19 heavy (non-hydrogen) atoms. The van der Waals surface area contributed by atoms with E-state index < -0.39 is 9.84 Å². The van der Waals surface area contributed by atoms with Crippen molar-refractivity contribution in [1.82, 2.24) is 4.90 Å². The first-order valence-electron chi connectivity index (χ1n) is 7.09. The van der Waals surface area contributed by atoms with Crippen LogP contribution in [0.1, 0.15) is 33.1 Å². The maximum absolute atomic E-state index is 12.1. The van der Waals surface area contributed by atoms with Crippen LogP contribution in [0.2, 0.25) is 0 Å². The highest BCUT2D eigenvalue weighted by molar-refractivity contribution is 7.91. The van der Waals surface area contributed by atoms with E-state index in [4.69, 9.17) is 10.5 Å². The largest absolute Gasteiger partial charge is 0.373 e. The minimum absolute atomic E-state index is 0.132. The molecule has 2 rings (SSSR count). The molecule has 112 valence electrons. The molecule has 1 saturated heterocycles. The first kappa shape index (κ1) is 15.2. The van der Waals surface area contributed by atoms with Gasteiger partial charge in [0.15, 0.2) is 9.84 Å². The van der Waals surface area contributed by atoms with Crippen molar-refractivity contribution in [2.45, 2.75) is 56.1 Å². The average molecular weight is 290 g/mol. The van der Waals surface area contributed by atoms with Crippen LogP contribution < -0.4 is 5.73 Å². The van der Waals surface area contributed by atoms with Gasteiger partial charge in [0.25, 0.3) is 0 Å². The minimum Gasteiger partial charge on any atom is -0.373 e. The lowest BCUT2D eigenvalue weighted by atomic mass is 9.93. The lowest BCUT2D eigenvalue weighted by molar-refractivity contribution is -0.0988. The van der Waals surface area contributed by atoms with E-state index in [1.165, 1.54) is 6.26 Å². The quantitative estimate of drug-likeness (QED) is 0.814. The highest BCUT2D eigenvalue weighted by atomic mass is 32.2. The Morgan fingerprint density at radius 2 is 1.89 bits per heavy atom. The third-order valence-corrected chi connectivity index (χ3v) is 6.30. The van der Waals surface area contributed by atoms with E-state index in [0.29, 0.717) is 6.54 Å². The second-order valence-electron chi connectivity index (χ2n) is 6.18. The molecule has 2 N–H and O–H groups in total. The fourth-order valence-corrected chi connectivity index (χ4v) is 5.66. The van der Waals surface area contributed by atoms with Gasteiger partial charge in [-0.3, -0.25) is 4.90 Å². The van der Waals surface area contributed by atoms with E-state index in [1.54, 1.807) is 0 Å². The minimum atomic E-state index is -3.07. The summed E-state index contributed by atoms with van der Waals surface area (Å²) in [5.41, 5.74) is 5.64. The van der Waals surface area contributed by atoms with Crippen molar-refractivity contribution in [2.24, 2.45) is 5.73 Å². The van der Waals surface area contributed by atoms with Crippen LogP contribution in [-0.2, 0) is 14.6 Å². The molecule has 1 heterocycles. The van der Waals surface area contributed by atoms with E-state index in [0.717, 1.165) is 32.4 Å². The Bertz CT molecular complexity index is 416. The molecule has 2 unspecified atom stereocenters. The van der Waals surface area contributed by atoms with Crippen molar-refractivity contribution in [3.05, 3.63) is 0 Å². The molecule has 0 bridgehead atoms. The summed E-state index contributed by atoms with van der Waals surface area (Å²) >= 11 is 0. The van der Waals surface area contributed by atoms with E-state index in [9.17, 15) is 8.42 Å². The maximum atomic E-state index is 12.1. The molecule has 1 aliphatic carbocycles. The lowest BCUT2D eigenvalue weighted by Crippen LogP contribution is -2.65. The van der Waals surface area contributed by atoms with Crippen LogP contribution in [0.25, 0.3) is 0 Å². The first-order valence-corrected chi connectivity index (χ1v) is 9.04. The van der Waals surface area contributed by atoms with Crippen LogP contribution >= 0.6 is 0 Å². The summed E-state index contributed by atoms with van der Waals surface area (Å²) in [4.78, 5) is 2.28. The van der Waals surface area contributed by atoms with Crippen molar-refractivity contribution in [3.63, 3.8) is 0 Å². The van der Waals surface area contributed by atoms with Gasteiger partial charge in [-0.1, -0.05) is 6.42 Å². The third-order valence-electron chi connectivity index (χ3n) is 4.60. The zero-order valence-electron chi connectivity index (χ0n) is 12.1. The van der Waals surface area contributed by atoms with Gasteiger partial charge in [0.05, 0.1) is 23.0 Å². The topological polar surface area (TPSA) is 72.6 Å². The zero-order chi connectivity index (χ0) is 14.3. The number of morpholine rings is 1. The maximum Gasteiger partial charge on any atom is 0.152 e. The summed E-state index contributed by atoms with van der Waals surface area (Å²) in [6.07, 6.45) is 4.16. The molecule has 0 aromatic rings. The van der Waals surface area contributed by atoms with Gasteiger partial charge in [0.1, 0.15) is 0 Å². The first-order chi connectivity index (χ1) is 8.79. The van der Waals surface area contributed by atoms with Crippen LogP contribution in [0.5, 0.6) is 0 Å². The molecular formula is C13H26N2O3S. The van der Waals surface area contributed by atoms with Gasteiger partial charge in [-0.25, -0.2) is 8.42 Å². The standard InChI is InChI=1S/C13H26N2O3S/c1-10-7-15(8-11(2)18-10)13(9-14)6-4-5-12(13)19(3,16)17/h10-12H,4-9,14H2,1-3H3/t10-,11+,12?,13?. The predicted octanol–water partition coefficient (Wildman–Crippen LogP) is 0.390. The Kier molecular flexibility index (Phi) is 4.26. The summed E-state index contributed by atoms with van der Waals surface area (Å²) in [6.45, 7) is 6.03. The Balaban J connectivity index is 2.31. The van der Waals surface area contributed by atoms with E-state index in [1.807, 2.05) is 13.8 Å². The van der Waals surface area contributed by atoms with Gasteiger partial charge < -0.3 is 10.5 Å². The highest BCUT2D eigenvalue weighted by Gasteiger charge is 2.52. The molecule has 0 amide bonds. The third kappa shape index (κ3) is 2.82.